The first-order chi connectivity index (χ1) is 12.7. The van der Waals surface area contributed by atoms with Crippen LogP contribution in [0.3, 0.4) is 0 Å². The van der Waals surface area contributed by atoms with E-state index in [2.05, 4.69) is 16.6 Å². The Kier molecular flexibility index (Phi) is 8.08. The Morgan fingerprint density at radius 1 is 1.33 bits per heavy atom. The lowest BCUT2D eigenvalue weighted by molar-refractivity contribution is -0.139. The first-order valence-corrected chi connectivity index (χ1v) is 12.3. The molecule has 0 fully saturated rings. The van der Waals surface area contributed by atoms with E-state index in [-0.39, 0.29) is 17.2 Å². The SMILES string of the molecule is CCCCCSc1nc2ccc(S(=O)(=O)N[C@H](CC(C)C)C(=O)O)cc2s1. The van der Waals surface area contributed by atoms with Crippen LogP contribution in [0, 0.1) is 5.92 Å². The molecule has 0 saturated heterocycles. The molecule has 0 unspecified atom stereocenters. The van der Waals surface area contributed by atoms with Gasteiger partial charge in [0.25, 0.3) is 0 Å². The predicted octanol–water partition coefficient (Wildman–Crippen LogP) is 4.36. The van der Waals surface area contributed by atoms with Crippen molar-refractivity contribution in [2.24, 2.45) is 5.92 Å². The first kappa shape index (κ1) is 22.1. The molecule has 0 amide bonds. The Labute approximate surface area is 168 Å². The van der Waals surface area contributed by atoms with E-state index in [1.54, 1.807) is 23.9 Å². The van der Waals surface area contributed by atoms with Crippen molar-refractivity contribution in [2.75, 3.05) is 5.75 Å². The number of benzene rings is 1. The summed E-state index contributed by atoms with van der Waals surface area (Å²) in [6.45, 7) is 5.87. The molecule has 0 bridgehead atoms. The third-order valence-electron chi connectivity index (χ3n) is 3.93. The summed E-state index contributed by atoms with van der Waals surface area (Å²) < 4.78 is 29.3. The largest absolute Gasteiger partial charge is 0.480 e. The van der Waals surface area contributed by atoms with Crippen LogP contribution < -0.4 is 4.72 Å². The topological polar surface area (TPSA) is 96.4 Å². The van der Waals surface area contributed by atoms with Crippen molar-refractivity contribution in [3.63, 3.8) is 0 Å². The average molecular weight is 431 g/mol. The molecule has 150 valence electrons. The van der Waals surface area contributed by atoms with Crippen molar-refractivity contribution < 1.29 is 18.3 Å². The zero-order chi connectivity index (χ0) is 20.0. The second-order valence-electron chi connectivity index (χ2n) is 6.81. The zero-order valence-corrected chi connectivity index (χ0v) is 18.2. The molecule has 27 heavy (non-hydrogen) atoms. The summed E-state index contributed by atoms with van der Waals surface area (Å²) in [7, 11) is -3.92. The predicted molar refractivity (Wildman–Crippen MR) is 111 cm³/mol. The fraction of sp³-hybridized carbons (Fsp3) is 0.556. The van der Waals surface area contributed by atoms with E-state index < -0.39 is 22.0 Å². The summed E-state index contributed by atoms with van der Waals surface area (Å²) in [5.41, 5.74) is 0.758. The van der Waals surface area contributed by atoms with Crippen molar-refractivity contribution >= 4 is 49.3 Å². The smallest absolute Gasteiger partial charge is 0.321 e. The van der Waals surface area contributed by atoms with Gasteiger partial charge in [-0.3, -0.25) is 4.79 Å². The lowest BCUT2D eigenvalue weighted by atomic mass is 10.1. The highest BCUT2D eigenvalue weighted by atomic mass is 32.2. The van der Waals surface area contributed by atoms with E-state index >= 15 is 0 Å². The van der Waals surface area contributed by atoms with Crippen LogP contribution in [-0.2, 0) is 14.8 Å². The number of carboxylic acid groups (broad SMARTS) is 1. The number of unbranched alkanes of at least 4 members (excludes halogenated alkanes) is 2. The van der Waals surface area contributed by atoms with Crippen molar-refractivity contribution in [3.8, 4) is 0 Å². The van der Waals surface area contributed by atoms with E-state index in [0.29, 0.717) is 0 Å². The number of aliphatic carboxylic acids is 1. The van der Waals surface area contributed by atoms with Crippen molar-refractivity contribution in [2.45, 2.75) is 61.7 Å². The van der Waals surface area contributed by atoms with Gasteiger partial charge >= 0.3 is 5.97 Å². The summed E-state index contributed by atoms with van der Waals surface area (Å²) >= 11 is 3.15. The van der Waals surface area contributed by atoms with Gasteiger partial charge in [-0.1, -0.05) is 45.4 Å². The van der Waals surface area contributed by atoms with Gasteiger partial charge in [0.15, 0.2) is 4.34 Å². The van der Waals surface area contributed by atoms with Crippen LogP contribution in [0.25, 0.3) is 10.2 Å². The average Bonchev–Trinajstić information content (AvgIpc) is 2.99. The highest BCUT2D eigenvalue weighted by Gasteiger charge is 2.26. The van der Waals surface area contributed by atoms with E-state index in [1.165, 1.54) is 30.2 Å². The highest BCUT2D eigenvalue weighted by Crippen LogP contribution is 2.31. The van der Waals surface area contributed by atoms with Gasteiger partial charge in [0, 0.05) is 5.75 Å². The number of aromatic nitrogens is 1. The zero-order valence-electron chi connectivity index (χ0n) is 15.8. The minimum absolute atomic E-state index is 0.0602. The molecule has 2 rings (SSSR count). The molecule has 6 nitrogen and oxygen atoms in total. The fourth-order valence-electron chi connectivity index (χ4n) is 2.55. The number of rotatable bonds is 11. The van der Waals surface area contributed by atoms with Crippen LogP contribution in [0.1, 0.15) is 46.5 Å². The Hall–Kier alpha value is -1.16. The normalized spacial score (nSPS) is 13.3. The van der Waals surface area contributed by atoms with Gasteiger partial charge in [0.05, 0.1) is 15.1 Å². The Bertz CT molecular complexity index is 878. The van der Waals surface area contributed by atoms with Crippen LogP contribution in [0.5, 0.6) is 0 Å². The molecule has 0 aliphatic heterocycles. The van der Waals surface area contributed by atoms with Crippen LogP contribution in [0.2, 0.25) is 0 Å². The summed E-state index contributed by atoms with van der Waals surface area (Å²) in [4.78, 5) is 16.0. The monoisotopic (exact) mass is 430 g/mol. The van der Waals surface area contributed by atoms with Crippen LogP contribution in [0.4, 0.5) is 0 Å². The summed E-state index contributed by atoms with van der Waals surface area (Å²) in [5, 5.41) is 9.29. The number of sulfonamides is 1. The molecule has 9 heteroatoms. The van der Waals surface area contributed by atoms with Crippen LogP contribution in [-0.4, -0.2) is 36.3 Å². The van der Waals surface area contributed by atoms with Crippen LogP contribution >= 0.6 is 23.1 Å². The van der Waals surface area contributed by atoms with Gasteiger partial charge in [0.2, 0.25) is 10.0 Å². The lowest BCUT2D eigenvalue weighted by Crippen LogP contribution is -2.41. The van der Waals surface area contributed by atoms with E-state index in [4.69, 9.17) is 0 Å². The van der Waals surface area contributed by atoms with Gasteiger partial charge < -0.3 is 5.11 Å². The van der Waals surface area contributed by atoms with Crippen molar-refractivity contribution in [1.29, 1.82) is 0 Å². The van der Waals surface area contributed by atoms with E-state index in [1.807, 2.05) is 13.8 Å². The Morgan fingerprint density at radius 3 is 2.70 bits per heavy atom. The molecule has 2 aromatic rings. The number of fused-ring (bicyclic) bond motifs is 1. The summed E-state index contributed by atoms with van der Waals surface area (Å²) in [6, 6.07) is 3.58. The number of thioether (sulfide) groups is 1. The molecule has 1 aromatic carbocycles. The van der Waals surface area contributed by atoms with E-state index in [9.17, 15) is 18.3 Å². The summed E-state index contributed by atoms with van der Waals surface area (Å²) in [6.07, 6.45) is 3.72. The molecule has 0 saturated carbocycles. The van der Waals surface area contributed by atoms with Gasteiger partial charge in [-0.2, -0.15) is 4.72 Å². The molecule has 0 aliphatic carbocycles. The number of thiazole rings is 1. The molecule has 2 N–H and O–H groups in total. The summed E-state index contributed by atoms with van der Waals surface area (Å²) in [5.74, 6) is -0.113. The highest BCUT2D eigenvalue weighted by molar-refractivity contribution is 8.01. The number of nitrogens with zero attached hydrogens (tertiary/aromatic N) is 1. The molecular formula is C18H26N2O4S3. The molecular weight excluding hydrogens is 404 g/mol. The maximum absolute atomic E-state index is 12.6. The Balaban J connectivity index is 2.17. The van der Waals surface area contributed by atoms with Gasteiger partial charge in [-0.05, 0) is 37.0 Å². The third kappa shape index (κ3) is 6.44. The molecule has 1 heterocycles. The first-order valence-electron chi connectivity index (χ1n) is 9.01. The van der Waals surface area contributed by atoms with Crippen molar-refractivity contribution in [1.82, 2.24) is 9.71 Å². The second kappa shape index (κ2) is 9.86. The fourth-order valence-corrected chi connectivity index (χ4v) is 6.03. The molecule has 0 spiro atoms. The quantitative estimate of drug-likeness (QED) is 0.406. The maximum atomic E-state index is 12.6. The number of nitrogens with one attached hydrogen (secondary N) is 1. The van der Waals surface area contributed by atoms with Gasteiger partial charge in [0.1, 0.15) is 6.04 Å². The standard InChI is InChI=1S/C18H26N2O4S3/c1-4-5-6-9-25-18-19-14-8-7-13(11-16(14)26-18)27(23,24)20-15(17(21)22)10-12(2)3/h7-8,11-12,15,20H,4-6,9-10H2,1-3H3,(H,21,22)/t15-/m1/s1. The molecule has 1 atom stereocenters. The number of hydrogen-bond acceptors (Lipinski definition) is 6. The van der Waals surface area contributed by atoms with E-state index in [0.717, 1.165) is 26.7 Å². The van der Waals surface area contributed by atoms with Gasteiger partial charge in [-0.25, -0.2) is 13.4 Å². The molecule has 1 aromatic heterocycles. The van der Waals surface area contributed by atoms with Crippen LogP contribution in [0.15, 0.2) is 27.4 Å². The molecule has 0 radical (unpaired) electrons. The lowest BCUT2D eigenvalue weighted by Gasteiger charge is -2.16. The number of carboxylic acids is 1. The minimum Gasteiger partial charge on any atom is -0.480 e. The number of hydrogen-bond donors (Lipinski definition) is 2. The minimum atomic E-state index is -3.92. The molecule has 0 aliphatic rings. The van der Waals surface area contributed by atoms with Crippen molar-refractivity contribution in [3.05, 3.63) is 18.2 Å². The number of carbonyl (C=O) groups is 1. The van der Waals surface area contributed by atoms with Gasteiger partial charge in [-0.15, -0.1) is 11.3 Å². The Morgan fingerprint density at radius 2 is 2.07 bits per heavy atom. The maximum Gasteiger partial charge on any atom is 0.321 e. The second-order valence-corrected chi connectivity index (χ2v) is 10.9. The third-order valence-corrected chi connectivity index (χ3v) is 7.64.